The largest absolute Gasteiger partial charge is 0.497 e. The summed E-state index contributed by atoms with van der Waals surface area (Å²) in [7, 11) is 1.58. The fourth-order valence-corrected chi connectivity index (χ4v) is 2.92. The Kier molecular flexibility index (Phi) is 6.24. The maximum Gasteiger partial charge on any atom is 0.224 e. The van der Waals surface area contributed by atoms with Gasteiger partial charge in [0.2, 0.25) is 5.91 Å². The fraction of sp³-hybridized carbons (Fsp3) is 0.588. The van der Waals surface area contributed by atoms with Gasteiger partial charge in [-0.25, -0.2) is 0 Å². The summed E-state index contributed by atoms with van der Waals surface area (Å²) in [6.07, 6.45) is 1.81. The van der Waals surface area contributed by atoms with E-state index in [1.807, 2.05) is 0 Å². The maximum atomic E-state index is 12.0. The molecule has 1 aromatic carbocycles. The molecule has 1 aliphatic heterocycles. The minimum atomic E-state index is -0.0174. The number of rotatable bonds is 6. The molecule has 1 saturated heterocycles. The molecule has 1 aliphatic rings. The Bertz CT molecular complexity index is 526. The summed E-state index contributed by atoms with van der Waals surface area (Å²) in [5, 5.41) is 2.85. The SMILES string of the molecule is COc1ccc(NC(=O)CCCN2CC(C)OC(C)C2)c(N)c1. The van der Waals surface area contributed by atoms with Crippen molar-refractivity contribution in [1.29, 1.82) is 0 Å². The summed E-state index contributed by atoms with van der Waals surface area (Å²) in [6, 6.07) is 5.24. The molecule has 1 aromatic rings. The van der Waals surface area contributed by atoms with Crippen LogP contribution in [0.2, 0.25) is 0 Å². The standard InChI is InChI=1S/C17H27N3O3/c1-12-10-20(11-13(2)23-12)8-4-5-17(21)19-16-7-6-14(22-3)9-15(16)18/h6-7,9,12-13H,4-5,8,10-11,18H2,1-3H3,(H,19,21). The van der Waals surface area contributed by atoms with Crippen LogP contribution in [0.1, 0.15) is 26.7 Å². The van der Waals surface area contributed by atoms with E-state index in [0.717, 1.165) is 26.1 Å². The number of ether oxygens (including phenoxy) is 2. The van der Waals surface area contributed by atoms with Crippen LogP contribution in [0.3, 0.4) is 0 Å². The first kappa shape index (κ1) is 17.6. The van der Waals surface area contributed by atoms with Crippen LogP contribution < -0.4 is 15.8 Å². The number of nitrogens with one attached hydrogen (secondary N) is 1. The van der Waals surface area contributed by atoms with Crippen LogP contribution in [0.4, 0.5) is 11.4 Å². The Morgan fingerprint density at radius 3 is 2.70 bits per heavy atom. The van der Waals surface area contributed by atoms with Crippen LogP contribution in [-0.2, 0) is 9.53 Å². The Balaban J connectivity index is 1.75. The van der Waals surface area contributed by atoms with Crippen molar-refractivity contribution in [2.45, 2.75) is 38.9 Å². The minimum Gasteiger partial charge on any atom is -0.497 e. The number of benzene rings is 1. The number of amides is 1. The zero-order chi connectivity index (χ0) is 16.8. The van der Waals surface area contributed by atoms with E-state index < -0.39 is 0 Å². The molecule has 0 bridgehead atoms. The Hall–Kier alpha value is -1.79. The number of carbonyl (C=O) groups is 1. The highest BCUT2D eigenvalue weighted by Crippen LogP contribution is 2.24. The molecule has 1 heterocycles. The lowest BCUT2D eigenvalue weighted by Gasteiger charge is -2.35. The average molecular weight is 321 g/mol. The number of morpholine rings is 1. The second-order valence-electron chi connectivity index (χ2n) is 6.12. The van der Waals surface area contributed by atoms with Crippen molar-refractivity contribution in [2.24, 2.45) is 0 Å². The zero-order valence-electron chi connectivity index (χ0n) is 14.2. The van der Waals surface area contributed by atoms with E-state index in [0.29, 0.717) is 23.5 Å². The second-order valence-corrected chi connectivity index (χ2v) is 6.12. The van der Waals surface area contributed by atoms with Crippen molar-refractivity contribution < 1.29 is 14.3 Å². The van der Waals surface area contributed by atoms with Gasteiger partial charge in [-0.15, -0.1) is 0 Å². The highest BCUT2D eigenvalue weighted by Gasteiger charge is 2.21. The Labute approximate surface area is 137 Å². The molecule has 2 atom stereocenters. The van der Waals surface area contributed by atoms with Crippen LogP contribution in [-0.4, -0.2) is 49.8 Å². The minimum absolute atomic E-state index is 0.0174. The van der Waals surface area contributed by atoms with Gasteiger partial charge in [0.25, 0.3) is 0 Å². The first-order valence-electron chi connectivity index (χ1n) is 8.09. The average Bonchev–Trinajstić information content (AvgIpc) is 2.48. The number of anilines is 2. The zero-order valence-corrected chi connectivity index (χ0v) is 14.2. The molecule has 0 aliphatic carbocycles. The smallest absolute Gasteiger partial charge is 0.224 e. The van der Waals surface area contributed by atoms with Crippen LogP contribution in [0, 0.1) is 0 Å². The van der Waals surface area contributed by atoms with Gasteiger partial charge in [0.15, 0.2) is 0 Å². The molecule has 2 rings (SSSR count). The first-order chi connectivity index (χ1) is 11.0. The first-order valence-corrected chi connectivity index (χ1v) is 8.09. The van der Waals surface area contributed by atoms with Gasteiger partial charge in [0.1, 0.15) is 5.75 Å². The van der Waals surface area contributed by atoms with Crippen molar-refractivity contribution >= 4 is 17.3 Å². The topological polar surface area (TPSA) is 76.8 Å². The monoisotopic (exact) mass is 321 g/mol. The van der Waals surface area contributed by atoms with Crippen molar-refractivity contribution in [2.75, 3.05) is 37.8 Å². The third kappa shape index (κ3) is 5.41. The lowest BCUT2D eigenvalue weighted by Crippen LogP contribution is -2.45. The lowest BCUT2D eigenvalue weighted by atomic mass is 10.2. The van der Waals surface area contributed by atoms with Crippen LogP contribution in [0.5, 0.6) is 5.75 Å². The van der Waals surface area contributed by atoms with Gasteiger partial charge in [-0.05, 0) is 38.9 Å². The van der Waals surface area contributed by atoms with Crippen molar-refractivity contribution in [3.05, 3.63) is 18.2 Å². The molecule has 0 radical (unpaired) electrons. The third-order valence-electron chi connectivity index (χ3n) is 3.91. The predicted molar refractivity (Wildman–Crippen MR) is 91.7 cm³/mol. The highest BCUT2D eigenvalue weighted by atomic mass is 16.5. The van der Waals surface area contributed by atoms with Crippen molar-refractivity contribution in [3.8, 4) is 5.75 Å². The van der Waals surface area contributed by atoms with E-state index in [4.69, 9.17) is 15.2 Å². The van der Waals surface area contributed by atoms with E-state index >= 15 is 0 Å². The van der Waals surface area contributed by atoms with E-state index in [2.05, 4.69) is 24.1 Å². The number of methoxy groups -OCH3 is 1. The summed E-state index contributed by atoms with van der Waals surface area (Å²) in [6.45, 7) is 6.93. The highest BCUT2D eigenvalue weighted by molar-refractivity contribution is 5.93. The van der Waals surface area contributed by atoms with Gasteiger partial charge in [-0.2, -0.15) is 0 Å². The van der Waals surface area contributed by atoms with Gasteiger partial charge in [-0.1, -0.05) is 0 Å². The summed E-state index contributed by atoms with van der Waals surface area (Å²) in [5.41, 5.74) is 7.04. The Morgan fingerprint density at radius 2 is 2.09 bits per heavy atom. The van der Waals surface area contributed by atoms with E-state index in [1.54, 1.807) is 25.3 Å². The third-order valence-corrected chi connectivity index (χ3v) is 3.91. The van der Waals surface area contributed by atoms with E-state index in [-0.39, 0.29) is 18.1 Å². The number of carbonyl (C=O) groups excluding carboxylic acids is 1. The molecule has 6 nitrogen and oxygen atoms in total. The Morgan fingerprint density at radius 1 is 1.39 bits per heavy atom. The number of nitrogen functional groups attached to an aromatic ring is 1. The molecular formula is C17H27N3O3. The summed E-state index contributed by atoms with van der Waals surface area (Å²) >= 11 is 0. The van der Waals surface area contributed by atoms with Gasteiger partial charge in [0.05, 0.1) is 30.7 Å². The van der Waals surface area contributed by atoms with Crippen LogP contribution in [0.25, 0.3) is 0 Å². The summed E-state index contributed by atoms with van der Waals surface area (Å²) in [4.78, 5) is 14.4. The molecule has 23 heavy (non-hydrogen) atoms. The molecule has 6 heteroatoms. The molecule has 2 unspecified atom stereocenters. The van der Waals surface area contributed by atoms with Crippen molar-refractivity contribution in [1.82, 2.24) is 4.90 Å². The van der Waals surface area contributed by atoms with E-state index in [1.165, 1.54) is 0 Å². The van der Waals surface area contributed by atoms with Gasteiger partial charge < -0.3 is 20.5 Å². The van der Waals surface area contributed by atoms with Gasteiger partial charge >= 0.3 is 0 Å². The van der Waals surface area contributed by atoms with Gasteiger partial charge in [0, 0.05) is 25.6 Å². The molecule has 0 saturated carbocycles. The normalized spacial score (nSPS) is 21.9. The molecule has 128 valence electrons. The number of hydrogen-bond acceptors (Lipinski definition) is 5. The fourth-order valence-electron chi connectivity index (χ4n) is 2.92. The molecule has 0 spiro atoms. The summed E-state index contributed by atoms with van der Waals surface area (Å²) < 4.78 is 10.8. The number of nitrogens with two attached hydrogens (primary N) is 1. The number of nitrogens with zero attached hydrogens (tertiary/aromatic N) is 1. The predicted octanol–water partition coefficient (Wildman–Crippen LogP) is 2.11. The summed E-state index contributed by atoms with van der Waals surface area (Å²) in [5.74, 6) is 0.660. The quantitative estimate of drug-likeness (QED) is 0.785. The number of hydrogen-bond donors (Lipinski definition) is 2. The van der Waals surface area contributed by atoms with E-state index in [9.17, 15) is 4.79 Å². The van der Waals surface area contributed by atoms with Crippen LogP contribution in [0.15, 0.2) is 18.2 Å². The molecule has 0 aromatic heterocycles. The maximum absolute atomic E-state index is 12.0. The molecule has 1 fully saturated rings. The molecule has 1 amide bonds. The van der Waals surface area contributed by atoms with Gasteiger partial charge in [-0.3, -0.25) is 9.69 Å². The van der Waals surface area contributed by atoms with Crippen molar-refractivity contribution in [3.63, 3.8) is 0 Å². The second kappa shape index (κ2) is 8.17. The van der Waals surface area contributed by atoms with Crippen LogP contribution >= 0.6 is 0 Å². The lowest BCUT2D eigenvalue weighted by molar-refractivity contribution is -0.116. The molecular weight excluding hydrogens is 294 g/mol. The molecule has 3 N–H and O–H groups in total.